The molecule has 0 spiro atoms. The summed E-state index contributed by atoms with van der Waals surface area (Å²) in [5.74, 6) is 0.384. The first-order valence-corrected chi connectivity index (χ1v) is 6.39. The number of ether oxygens (including phenoxy) is 3. The zero-order valence-corrected chi connectivity index (χ0v) is 12.0. The van der Waals surface area contributed by atoms with Gasteiger partial charge >= 0.3 is 0 Å². The number of carbonyl (C=O) groups is 1. The zero-order chi connectivity index (χ0) is 14.7. The van der Waals surface area contributed by atoms with Gasteiger partial charge < -0.3 is 24.8 Å². The second kappa shape index (κ2) is 6.11. The van der Waals surface area contributed by atoms with E-state index in [2.05, 4.69) is 0 Å². The number of nitrogens with zero attached hydrogens (tertiary/aromatic N) is 1. The number of nitrogens with two attached hydrogens (primary N) is 1. The van der Waals surface area contributed by atoms with Crippen molar-refractivity contribution in [3.05, 3.63) is 23.8 Å². The van der Waals surface area contributed by atoms with Gasteiger partial charge in [0.2, 0.25) is 0 Å². The van der Waals surface area contributed by atoms with E-state index in [1.807, 2.05) is 0 Å². The third-order valence-electron chi connectivity index (χ3n) is 3.56. The Morgan fingerprint density at radius 2 is 1.80 bits per heavy atom. The molecule has 20 heavy (non-hydrogen) atoms. The lowest BCUT2D eigenvalue weighted by Gasteiger charge is -2.17. The number of hydrogen-bond acceptors (Lipinski definition) is 5. The Morgan fingerprint density at radius 1 is 1.20 bits per heavy atom. The number of nitrogen functional groups attached to an aromatic ring is 1. The lowest BCUT2D eigenvalue weighted by molar-refractivity contribution is -0.00461. The summed E-state index contributed by atoms with van der Waals surface area (Å²) < 4.78 is 15.9. The molecule has 6 nitrogen and oxygen atoms in total. The minimum Gasteiger partial charge on any atom is -0.496 e. The van der Waals surface area contributed by atoms with Gasteiger partial charge in [0, 0.05) is 33.0 Å². The van der Waals surface area contributed by atoms with Crippen molar-refractivity contribution in [2.45, 2.75) is 12.2 Å². The van der Waals surface area contributed by atoms with Crippen molar-refractivity contribution in [2.75, 3.05) is 40.2 Å². The van der Waals surface area contributed by atoms with Crippen LogP contribution < -0.4 is 10.5 Å². The van der Waals surface area contributed by atoms with Crippen LogP contribution in [0.4, 0.5) is 5.69 Å². The molecule has 0 aromatic heterocycles. The third kappa shape index (κ3) is 2.71. The number of carbonyl (C=O) groups excluding carboxylic acids is 1. The van der Waals surface area contributed by atoms with Gasteiger partial charge in [-0.15, -0.1) is 0 Å². The van der Waals surface area contributed by atoms with E-state index in [0.717, 1.165) is 0 Å². The van der Waals surface area contributed by atoms with Gasteiger partial charge in [0.05, 0.1) is 12.7 Å². The maximum atomic E-state index is 12.6. The van der Waals surface area contributed by atoms with Crippen molar-refractivity contribution in [1.29, 1.82) is 0 Å². The molecule has 1 aromatic rings. The van der Waals surface area contributed by atoms with Crippen LogP contribution in [0.3, 0.4) is 0 Å². The van der Waals surface area contributed by atoms with Gasteiger partial charge in [0.25, 0.3) is 5.91 Å². The number of methoxy groups -OCH3 is 3. The van der Waals surface area contributed by atoms with Crippen LogP contribution in [0.25, 0.3) is 0 Å². The highest BCUT2D eigenvalue weighted by Gasteiger charge is 2.36. The molecule has 0 bridgehead atoms. The molecule has 2 unspecified atom stereocenters. The molecule has 2 rings (SSSR count). The fraction of sp³-hybridized carbons (Fsp3) is 0.500. The second-order valence-electron chi connectivity index (χ2n) is 4.72. The van der Waals surface area contributed by atoms with Crippen LogP contribution in [-0.2, 0) is 9.47 Å². The fourth-order valence-corrected chi connectivity index (χ4v) is 2.43. The van der Waals surface area contributed by atoms with Gasteiger partial charge in [0.15, 0.2) is 0 Å². The fourth-order valence-electron chi connectivity index (χ4n) is 2.43. The van der Waals surface area contributed by atoms with Crippen LogP contribution in [0.1, 0.15) is 10.4 Å². The minimum absolute atomic E-state index is 0.115. The topological polar surface area (TPSA) is 74.0 Å². The van der Waals surface area contributed by atoms with E-state index in [9.17, 15) is 4.79 Å². The monoisotopic (exact) mass is 280 g/mol. The van der Waals surface area contributed by atoms with E-state index in [1.54, 1.807) is 37.3 Å². The predicted molar refractivity (Wildman–Crippen MR) is 74.9 cm³/mol. The van der Waals surface area contributed by atoms with Crippen molar-refractivity contribution < 1.29 is 19.0 Å². The molecule has 1 heterocycles. The molecule has 1 aliphatic rings. The standard InChI is InChI=1S/C14H20N2O4/c1-18-11-5-4-9(15)6-10(11)14(17)16-7-12(19-2)13(8-16)20-3/h4-6,12-13H,7-8,15H2,1-3H3. The number of hydrogen-bond donors (Lipinski definition) is 1. The molecule has 1 saturated heterocycles. The quantitative estimate of drug-likeness (QED) is 0.824. The lowest BCUT2D eigenvalue weighted by atomic mass is 10.1. The highest BCUT2D eigenvalue weighted by Crippen LogP contribution is 2.25. The number of likely N-dealkylation sites (tertiary alicyclic amines) is 1. The number of benzene rings is 1. The van der Waals surface area contributed by atoms with Crippen LogP contribution in [-0.4, -0.2) is 57.4 Å². The van der Waals surface area contributed by atoms with Crippen LogP contribution in [0, 0.1) is 0 Å². The van der Waals surface area contributed by atoms with Crippen LogP contribution in [0.2, 0.25) is 0 Å². The summed E-state index contributed by atoms with van der Waals surface area (Å²) in [5.41, 5.74) is 6.74. The Balaban J connectivity index is 2.22. The van der Waals surface area contributed by atoms with Gasteiger partial charge in [-0.2, -0.15) is 0 Å². The second-order valence-corrected chi connectivity index (χ2v) is 4.72. The number of rotatable bonds is 4. The first-order chi connectivity index (χ1) is 9.60. The Labute approximate surface area is 118 Å². The van der Waals surface area contributed by atoms with Crippen LogP contribution in [0.5, 0.6) is 5.75 Å². The molecule has 0 aliphatic carbocycles. The van der Waals surface area contributed by atoms with Crippen molar-refractivity contribution in [3.63, 3.8) is 0 Å². The van der Waals surface area contributed by atoms with E-state index < -0.39 is 0 Å². The van der Waals surface area contributed by atoms with E-state index in [0.29, 0.717) is 30.1 Å². The summed E-state index contributed by atoms with van der Waals surface area (Å²) in [7, 11) is 4.76. The Hall–Kier alpha value is -1.79. The van der Waals surface area contributed by atoms with Gasteiger partial charge in [-0.1, -0.05) is 0 Å². The first-order valence-electron chi connectivity index (χ1n) is 6.39. The van der Waals surface area contributed by atoms with Crippen molar-refractivity contribution in [2.24, 2.45) is 0 Å². The molecule has 6 heteroatoms. The van der Waals surface area contributed by atoms with Crippen LogP contribution >= 0.6 is 0 Å². The largest absolute Gasteiger partial charge is 0.496 e. The molecule has 2 atom stereocenters. The summed E-state index contributed by atoms with van der Waals surface area (Å²) >= 11 is 0. The van der Waals surface area contributed by atoms with Crippen molar-refractivity contribution in [3.8, 4) is 5.75 Å². The summed E-state index contributed by atoms with van der Waals surface area (Å²) in [5, 5.41) is 0. The highest BCUT2D eigenvalue weighted by atomic mass is 16.5. The number of amides is 1. The van der Waals surface area contributed by atoms with E-state index in [1.165, 1.54) is 7.11 Å². The molecule has 0 saturated carbocycles. The van der Waals surface area contributed by atoms with Crippen molar-refractivity contribution >= 4 is 11.6 Å². The van der Waals surface area contributed by atoms with E-state index in [-0.39, 0.29) is 18.1 Å². The first kappa shape index (κ1) is 14.6. The van der Waals surface area contributed by atoms with Gasteiger partial charge in [0.1, 0.15) is 18.0 Å². The van der Waals surface area contributed by atoms with Gasteiger partial charge in [-0.3, -0.25) is 4.79 Å². The number of anilines is 1. The third-order valence-corrected chi connectivity index (χ3v) is 3.56. The predicted octanol–water partition coefficient (Wildman–Crippen LogP) is 0.763. The smallest absolute Gasteiger partial charge is 0.257 e. The molecular weight excluding hydrogens is 260 g/mol. The molecule has 1 fully saturated rings. The Bertz CT molecular complexity index is 480. The summed E-state index contributed by atoms with van der Waals surface area (Å²) in [6.45, 7) is 0.984. The Kier molecular flexibility index (Phi) is 4.46. The van der Waals surface area contributed by atoms with E-state index in [4.69, 9.17) is 19.9 Å². The Morgan fingerprint density at radius 3 is 2.30 bits per heavy atom. The summed E-state index contributed by atoms with van der Waals surface area (Å²) in [6.07, 6.45) is -0.230. The molecular formula is C14H20N2O4. The summed E-state index contributed by atoms with van der Waals surface area (Å²) in [6, 6.07) is 5.03. The molecule has 0 radical (unpaired) electrons. The maximum Gasteiger partial charge on any atom is 0.257 e. The summed E-state index contributed by atoms with van der Waals surface area (Å²) in [4.78, 5) is 14.3. The SMILES string of the molecule is COc1ccc(N)cc1C(=O)N1CC(OC)C(OC)C1. The van der Waals surface area contributed by atoms with Gasteiger partial charge in [-0.05, 0) is 18.2 Å². The van der Waals surface area contributed by atoms with Gasteiger partial charge in [-0.25, -0.2) is 0 Å². The lowest BCUT2D eigenvalue weighted by Crippen LogP contribution is -2.30. The molecule has 110 valence electrons. The zero-order valence-electron chi connectivity index (χ0n) is 12.0. The highest BCUT2D eigenvalue weighted by molar-refractivity contribution is 5.98. The minimum atomic E-state index is -0.129. The molecule has 2 N–H and O–H groups in total. The maximum absolute atomic E-state index is 12.6. The molecule has 1 amide bonds. The molecule has 1 aromatic carbocycles. The van der Waals surface area contributed by atoms with Crippen molar-refractivity contribution in [1.82, 2.24) is 4.90 Å². The normalized spacial score (nSPS) is 22.1. The molecule has 1 aliphatic heterocycles. The average Bonchev–Trinajstić information content (AvgIpc) is 2.89. The van der Waals surface area contributed by atoms with E-state index >= 15 is 0 Å². The van der Waals surface area contributed by atoms with Crippen LogP contribution in [0.15, 0.2) is 18.2 Å². The average molecular weight is 280 g/mol.